The number of nitrogens with zero attached hydrogens (tertiary/aromatic N) is 1. The standard InChI is InChI=1S/C10H21N3O3S/c1-17(15,16)13-7-4-9(5-8-13)12-10(14)3-2-6-11/h9H,2-8,11H2,1H3,(H,12,14). The molecule has 0 aromatic carbocycles. The van der Waals surface area contributed by atoms with Gasteiger partial charge in [0, 0.05) is 25.6 Å². The summed E-state index contributed by atoms with van der Waals surface area (Å²) < 4.78 is 24.0. The van der Waals surface area contributed by atoms with Crippen molar-refractivity contribution in [1.29, 1.82) is 0 Å². The van der Waals surface area contributed by atoms with E-state index >= 15 is 0 Å². The molecule has 0 saturated carbocycles. The Balaban J connectivity index is 2.30. The summed E-state index contributed by atoms with van der Waals surface area (Å²) >= 11 is 0. The van der Waals surface area contributed by atoms with Crippen LogP contribution in [0, 0.1) is 0 Å². The quantitative estimate of drug-likeness (QED) is 0.683. The van der Waals surface area contributed by atoms with Gasteiger partial charge in [-0.25, -0.2) is 12.7 Å². The molecule has 1 aliphatic heterocycles. The maximum absolute atomic E-state index is 11.5. The Kier molecular flexibility index (Phi) is 5.35. The van der Waals surface area contributed by atoms with Crippen LogP contribution in [0.5, 0.6) is 0 Å². The molecule has 3 N–H and O–H groups in total. The van der Waals surface area contributed by atoms with E-state index < -0.39 is 10.0 Å². The summed E-state index contributed by atoms with van der Waals surface area (Å²) in [6, 6.07) is 0.0956. The van der Waals surface area contributed by atoms with Gasteiger partial charge >= 0.3 is 0 Å². The van der Waals surface area contributed by atoms with Gasteiger partial charge in [-0.1, -0.05) is 0 Å². The third kappa shape index (κ3) is 5.01. The van der Waals surface area contributed by atoms with Crippen LogP contribution in [0.25, 0.3) is 0 Å². The number of amides is 1. The van der Waals surface area contributed by atoms with E-state index in [9.17, 15) is 13.2 Å². The number of carbonyl (C=O) groups is 1. The second kappa shape index (κ2) is 6.32. The number of piperidine rings is 1. The highest BCUT2D eigenvalue weighted by Gasteiger charge is 2.25. The van der Waals surface area contributed by atoms with Crippen molar-refractivity contribution in [2.45, 2.75) is 31.7 Å². The summed E-state index contributed by atoms with van der Waals surface area (Å²) in [4.78, 5) is 11.5. The zero-order chi connectivity index (χ0) is 12.9. The number of carbonyl (C=O) groups excluding carboxylic acids is 1. The van der Waals surface area contributed by atoms with Crippen molar-refractivity contribution in [3.63, 3.8) is 0 Å². The van der Waals surface area contributed by atoms with Gasteiger partial charge < -0.3 is 11.1 Å². The smallest absolute Gasteiger partial charge is 0.220 e. The van der Waals surface area contributed by atoms with Crippen LogP contribution in [0.1, 0.15) is 25.7 Å². The van der Waals surface area contributed by atoms with Crippen LogP contribution in [-0.4, -0.2) is 50.6 Å². The first-order valence-electron chi connectivity index (χ1n) is 5.88. The first-order valence-corrected chi connectivity index (χ1v) is 7.73. The number of rotatable bonds is 5. The van der Waals surface area contributed by atoms with Crippen molar-refractivity contribution in [2.24, 2.45) is 5.73 Å². The molecule has 0 bridgehead atoms. The predicted molar refractivity (Wildman–Crippen MR) is 65.9 cm³/mol. The predicted octanol–water partition coefficient (Wildman–Crippen LogP) is -0.734. The van der Waals surface area contributed by atoms with E-state index in [0.717, 1.165) is 0 Å². The molecular formula is C10H21N3O3S. The van der Waals surface area contributed by atoms with Gasteiger partial charge in [-0.2, -0.15) is 0 Å². The highest BCUT2D eigenvalue weighted by atomic mass is 32.2. The van der Waals surface area contributed by atoms with Gasteiger partial charge in [-0.15, -0.1) is 0 Å². The highest BCUT2D eigenvalue weighted by Crippen LogP contribution is 2.13. The average molecular weight is 263 g/mol. The van der Waals surface area contributed by atoms with Crippen LogP contribution in [0.2, 0.25) is 0 Å². The van der Waals surface area contributed by atoms with E-state index in [2.05, 4.69) is 5.32 Å². The molecule has 1 saturated heterocycles. The fourth-order valence-electron chi connectivity index (χ4n) is 1.89. The lowest BCUT2D eigenvalue weighted by atomic mass is 10.1. The van der Waals surface area contributed by atoms with Crippen molar-refractivity contribution in [2.75, 3.05) is 25.9 Å². The third-order valence-corrected chi connectivity index (χ3v) is 4.20. The lowest BCUT2D eigenvalue weighted by Gasteiger charge is -2.30. The molecule has 17 heavy (non-hydrogen) atoms. The molecular weight excluding hydrogens is 242 g/mol. The summed E-state index contributed by atoms with van der Waals surface area (Å²) in [5, 5.41) is 2.91. The van der Waals surface area contributed by atoms with Crippen molar-refractivity contribution >= 4 is 15.9 Å². The first kappa shape index (κ1) is 14.4. The first-order chi connectivity index (χ1) is 7.93. The molecule has 0 aromatic heterocycles. The van der Waals surface area contributed by atoms with Gasteiger partial charge in [0.25, 0.3) is 0 Å². The van der Waals surface area contributed by atoms with Gasteiger partial charge in [-0.3, -0.25) is 4.79 Å². The van der Waals surface area contributed by atoms with E-state index in [4.69, 9.17) is 5.73 Å². The van der Waals surface area contributed by atoms with Gasteiger partial charge in [-0.05, 0) is 25.8 Å². The van der Waals surface area contributed by atoms with E-state index in [-0.39, 0.29) is 11.9 Å². The third-order valence-electron chi connectivity index (χ3n) is 2.90. The minimum Gasteiger partial charge on any atom is -0.353 e. The maximum Gasteiger partial charge on any atom is 0.220 e. The van der Waals surface area contributed by atoms with Crippen molar-refractivity contribution in [1.82, 2.24) is 9.62 Å². The molecule has 7 heteroatoms. The lowest BCUT2D eigenvalue weighted by Crippen LogP contribution is -2.46. The molecule has 1 rings (SSSR count). The molecule has 0 aliphatic carbocycles. The number of nitrogens with one attached hydrogen (secondary N) is 1. The van der Waals surface area contributed by atoms with Gasteiger partial charge in [0.05, 0.1) is 6.26 Å². The Labute approximate surface area is 103 Å². The van der Waals surface area contributed by atoms with E-state index in [0.29, 0.717) is 45.3 Å². The van der Waals surface area contributed by atoms with E-state index in [1.165, 1.54) is 10.6 Å². The molecule has 1 fully saturated rings. The average Bonchev–Trinajstić information content (AvgIpc) is 2.26. The molecule has 6 nitrogen and oxygen atoms in total. The summed E-state index contributed by atoms with van der Waals surface area (Å²) in [7, 11) is -3.09. The second-order valence-electron chi connectivity index (χ2n) is 4.40. The Morgan fingerprint density at radius 2 is 2.00 bits per heavy atom. The molecule has 0 unspecified atom stereocenters. The van der Waals surface area contributed by atoms with Crippen LogP contribution in [0.15, 0.2) is 0 Å². The Morgan fingerprint density at radius 3 is 2.47 bits per heavy atom. The molecule has 1 heterocycles. The minimum absolute atomic E-state index is 0.00764. The van der Waals surface area contributed by atoms with Crippen LogP contribution in [0.3, 0.4) is 0 Å². The van der Waals surface area contributed by atoms with Crippen LogP contribution in [-0.2, 0) is 14.8 Å². The van der Waals surface area contributed by atoms with Gasteiger partial charge in [0.1, 0.15) is 0 Å². The van der Waals surface area contributed by atoms with Crippen molar-refractivity contribution in [3.8, 4) is 0 Å². The normalized spacial score (nSPS) is 19.2. The molecule has 100 valence electrons. The number of hydrogen-bond donors (Lipinski definition) is 2. The molecule has 1 aliphatic rings. The SMILES string of the molecule is CS(=O)(=O)N1CCC(NC(=O)CCCN)CC1. The number of sulfonamides is 1. The number of nitrogens with two attached hydrogens (primary N) is 1. The van der Waals surface area contributed by atoms with Crippen molar-refractivity contribution < 1.29 is 13.2 Å². The molecule has 1 amide bonds. The Morgan fingerprint density at radius 1 is 1.41 bits per heavy atom. The summed E-state index contributed by atoms with van der Waals surface area (Å²) in [6.07, 6.45) is 3.72. The minimum atomic E-state index is -3.09. The summed E-state index contributed by atoms with van der Waals surface area (Å²) in [5.74, 6) is 0.00764. The lowest BCUT2D eigenvalue weighted by molar-refractivity contribution is -0.122. The monoisotopic (exact) mass is 263 g/mol. The Bertz CT molecular complexity index is 348. The van der Waals surface area contributed by atoms with E-state index in [1.54, 1.807) is 0 Å². The molecule has 0 aromatic rings. The van der Waals surface area contributed by atoms with Crippen LogP contribution < -0.4 is 11.1 Å². The summed E-state index contributed by atoms with van der Waals surface area (Å²) in [5.41, 5.74) is 5.32. The highest BCUT2D eigenvalue weighted by molar-refractivity contribution is 7.88. The fourth-order valence-corrected chi connectivity index (χ4v) is 2.77. The largest absolute Gasteiger partial charge is 0.353 e. The van der Waals surface area contributed by atoms with Gasteiger partial charge in [0.2, 0.25) is 15.9 Å². The topological polar surface area (TPSA) is 92.5 Å². The van der Waals surface area contributed by atoms with Crippen LogP contribution in [0.4, 0.5) is 0 Å². The fraction of sp³-hybridized carbons (Fsp3) is 0.900. The number of hydrogen-bond acceptors (Lipinski definition) is 4. The molecule has 0 spiro atoms. The van der Waals surface area contributed by atoms with Crippen molar-refractivity contribution in [3.05, 3.63) is 0 Å². The summed E-state index contributed by atoms with van der Waals surface area (Å²) in [6.45, 7) is 1.49. The Hall–Kier alpha value is -0.660. The zero-order valence-corrected chi connectivity index (χ0v) is 11.0. The van der Waals surface area contributed by atoms with E-state index in [1.807, 2.05) is 0 Å². The second-order valence-corrected chi connectivity index (χ2v) is 6.38. The van der Waals surface area contributed by atoms with Crippen LogP contribution >= 0.6 is 0 Å². The molecule has 0 radical (unpaired) electrons. The zero-order valence-electron chi connectivity index (χ0n) is 10.2. The maximum atomic E-state index is 11.5. The molecule has 0 atom stereocenters. The van der Waals surface area contributed by atoms with Gasteiger partial charge in [0.15, 0.2) is 0 Å².